The molecule has 134 valence electrons. The highest BCUT2D eigenvalue weighted by atomic mass is 16.7. The highest BCUT2D eigenvalue weighted by Crippen LogP contribution is 2.34. The number of aromatic nitrogens is 2. The Labute approximate surface area is 150 Å². The number of para-hydroxylation sites is 1. The van der Waals surface area contributed by atoms with Gasteiger partial charge in [-0.2, -0.15) is 5.10 Å². The molecule has 0 radical (unpaired) electrons. The maximum Gasteiger partial charge on any atom is 0.273 e. The van der Waals surface area contributed by atoms with Crippen molar-refractivity contribution >= 4 is 23.2 Å². The van der Waals surface area contributed by atoms with Crippen LogP contribution in [0.25, 0.3) is 0 Å². The molecule has 1 fully saturated rings. The van der Waals surface area contributed by atoms with Gasteiger partial charge in [0.05, 0.1) is 6.54 Å². The second-order valence-corrected chi connectivity index (χ2v) is 6.61. The molecular formula is C18H19N5O3. The molecular weight excluding hydrogens is 334 g/mol. The minimum Gasteiger partial charge on any atom is -0.386 e. The van der Waals surface area contributed by atoms with E-state index in [9.17, 15) is 9.59 Å². The maximum absolute atomic E-state index is 12.5. The average Bonchev–Trinajstić information content (AvgIpc) is 3.33. The van der Waals surface area contributed by atoms with Gasteiger partial charge in [0.25, 0.3) is 11.8 Å². The molecule has 8 nitrogen and oxygen atoms in total. The molecule has 1 unspecified atom stereocenters. The van der Waals surface area contributed by atoms with E-state index in [4.69, 9.17) is 4.84 Å². The number of hydrogen-bond donors (Lipinski definition) is 2. The van der Waals surface area contributed by atoms with Gasteiger partial charge in [-0.1, -0.05) is 23.4 Å². The number of amides is 2. The molecule has 0 aliphatic carbocycles. The summed E-state index contributed by atoms with van der Waals surface area (Å²) in [6.45, 7) is 1.05. The second kappa shape index (κ2) is 6.62. The van der Waals surface area contributed by atoms with Crippen molar-refractivity contribution in [2.45, 2.75) is 24.9 Å². The molecule has 2 amide bonds. The molecule has 1 atom stereocenters. The smallest absolute Gasteiger partial charge is 0.273 e. The van der Waals surface area contributed by atoms with Gasteiger partial charge >= 0.3 is 0 Å². The zero-order valence-corrected chi connectivity index (χ0v) is 14.1. The van der Waals surface area contributed by atoms with Gasteiger partial charge in [-0.25, -0.2) is 0 Å². The van der Waals surface area contributed by atoms with Crippen LogP contribution in [0.15, 0.2) is 47.8 Å². The van der Waals surface area contributed by atoms with Gasteiger partial charge in [-0.15, -0.1) is 0 Å². The second-order valence-electron chi connectivity index (χ2n) is 6.61. The number of H-pyrrole nitrogens is 1. The van der Waals surface area contributed by atoms with Gasteiger partial charge in [-0.05, 0) is 31.0 Å². The number of carbonyl (C=O) groups is 2. The lowest BCUT2D eigenvalue weighted by Crippen LogP contribution is -2.50. The lowest BCUT2D eigenvalue weighted by molar-refractivity contribution is -0.110. The quantitative estimate of drug-likeness (QED) is 0.879. The number of hydrogen-bond acceptors (Lipinski definition) is 5. The number of piperidine rings is 1. The fourth-order valence-corrected chi connectivity index (χ4v) is 3.40. The highest BCUT2D eigenvalue weighted by Gasteiger charge is 2.45. The van der Waals surface area contributed by atoms with E-state index in [1.165, 1.54) is 0 Å². The number of carbonyl (C=O) groups excluding carboxylic acids is 2. The number of likely N-dealkylation sites (tertiary alicyclic amines) is 1. The van der Waals surface area contributed by atoms with Crippen LogP contribution in [0.4, 0.5) is 5.69 Å². The molecule has 1 aromatic carbocycles. The number of oxime groups is 1. The largest absolute Gasteiger partial charge is 0.386 e. The van der Waals surface area contributed by atoms with Gasteiger partial charge in [0.1, 0.15) is 11.4 Å². The predicted octanol–water partition coefficient (Wildman–Crippen LogP) is 1.80. The lowest BCUT2D eigenvalue weighted by Gasteiger charge is -2.37. The van der Waals surface area contributed by atoms with Crippen LogP contribution >= 0.6 is 0 Å². The van der Waals surface area contributed by atoms with Crippen LogP contribution in [-0.4, -0.2) is 51.3 Å². The molecule has 1 aromatic heterocycles. The minimum absolute atomic E-state index is 0.118. The van der Waals surface area contributed by atoms with Crippen molar-refractivity contribution in [1.82, 2.24) is 15.1 Å². The van der Waals surface area contributed by atoms with Crippen molar-refractivity contribution in [3.05, 3.63) is 48.3 Å². The number of anilines is 1. The number of aromatic amines is 1. The first-order valence-electron chi connectivity index (χ1n) is 8.55. The van der Waals surface area contributed by atoms with Gasteiger partial charge in [0.2, 0.25) is 0 Å². The Bertz CT molecular complexity index is 834. The van der Waals surface area contributed by atoms with E-state index >= 15 is 0 Å². The van der Waals surface area contributed by atoms with Crippen molar-refractivity contribution in [3.8, 4) is 0 Å². The van der Waals surface area contributed by atoms with Crippen LogP contribution in [0.3, 0.4) is 0 Å². The first kappa shape index (κ1) is 16.3. The molecule has 2 aliphatic rings. The molecule has 2 aliphatic heterocycles. The Kier molecular flexibility index (Phi) is 4.16. The van der Waals surface area contributed by atoms with Crippen LogP contribution in [0, 0.1) is 0 Å². The maximum atomic E-state index is 12.5. The van der Waals surface area contributed by atoms with E-state index < -0.39 is 5.60 Å². The Balaban J connectivity index is 1.41. The van der Waals surface area contributed by atoms with Crippen LogP contribution < -0.4 is 5.32 Å². The molecule has 0 saturated carbocycles. The van der Waals surface area contributed by atoms with Crippen molar-refractivity contribution < 1.29 is 14.4 Å². The first-order chi connectivity index (χ1) is 12.7. The lowest BCUT2D eigenvalue weighted by atomic mass is 9.88. The third-order valence-electron chi connectivity index (χ3n) is 4.69. The van der Waals surface area contributed by atoms with Crippen LogP contribution in [0.1, 0.15) is 29.8 Å². The fraction of sp³-hybridized carbons (Fsp3) is 0.333. The van der Waals surface area contributed by atoms with Crippen LogP contribution in [0.2, 0.25) is 0 Å². The topological polar surface area (TPSA) is 99.7 Å². The average molecular weight is 353 g/mol. The van der Waals surface area contributed by atoms with Gasteiger partial charge in [-0.3, -0.25) is 14.7 Å². The predicted molar refractivity (Wildman–Crippen MR) is 94.7 cm³/mol. The third kappa shape index (κ3) is 3.17. The van der Waals surface area contributed by atoms with Crippen molar-refractivity contribution in [1.29, 1.82) is 0 Å². The fourth-order valence-electron chi connectivity index (χ4n) is 3.40. The zero-order chi connectivity index (χ0) is 18.0. The molecule has 8 heteroatoms. The molecule has 0 bridgehead atoms. The standard InChI is InChI=1S/C18H19N5O3/c24-16(20-13-5-2-1-3-6-13)15-11-18(26-22-15)8-4-10-23(12-18)17(25)14-7-9-19-21-14/h1-3,5-7,9H,4,8,10-12H2,(H,19,21)(H,20,24). The molecule has 1 spiro atoms. The highest BCUT2D eigenvalue weighted by molar-refractivity contribution is 6.43. The van der Waals surface area contributed by atoms with Crippen LogP contribution in [0.5, 0.6) is 0 Å². The summed E-state index contributed by atoms with van der Waals surface area (Å²) in [7, 11) is 0. The number of benzene rings is 1. The summed E-state index contributed by atoms with van der Waals surface area (Å²) in [5, 5.41) is 13.3. The molecule has 1 saturated heterocycles. The van der Waals surface area contributed by atoms with Crippen molar-refractivity contribution in [2.24, 2.45) is 5.16 Å². The summed E-state index contributed by atoms with van der Waals surface area (Å²) in [6, 6.07) is 10.9. The molecule has 2 aromatic rings. The van der Waals surface area contributed by atoms with E-state index in [0.717, 1.165) is 12.8 Å². The van der Waals surface area contributed by atoms with E-state index in [1.54, 1.807) is 17.2 Å². The van der Waals surface area contributed by atoms with Gasteiger partial charge < -0.3 is 15.1 Å². The van der Waals surface area contributed by atoms with Crippen LogP contribution in [-0.2, 0) is 9.63 Å². The molecule has 2 N–H and O–H groups in total. The SMILES string of the molecule is O=C(Nc1ccccc1)C1=NOC2(CCCN(C(=O)c3ccn[nH]3)C2)C1. The Morgan fingerprint density at radius 2 is 2.08 bits per heavy atom. The normalized spacial score (nSPS) is 22.0. The zero-order valence-electron chi connectivity index (χ0n) is 14.1. The monoisotopic (exact) mass is 353 g/mol. The van der Waals surface area contributed by atoms with Crippen molar-refractivity contribution in [3.63, 3.8) is 0 Å². The van der Waals surface area contributed by atoms with E-state index in [-0.39, 0.29) is 11.8 Å². The van der Waals surface area contributed by atoms with Gasteiger partial charge in [0, 0.05) is 24.8 Å². The van der Waals surface area contributed by atoms with Gasteiger partial charge in [0.15, 0.2) is 5.60 Å². The molecule has 26 heavy (non-hydrogen) atoms. The summed E-state index contributed by atoms with van der Waals surface area (Å²) >= 11 is 0. The summed E-state index contributed by atoms with van der Waals surface area (Å²) < 4.78 is 0. The molecule has 4 rings (SSSR count). The summed E-state index contributed by atoms with van der Waals surface area (Å²) in [5.74, 6) is -0.391. The summed E-state index contributed by atoms with van der Waals surface area (Å²) in [4.78, 5) is 32.4. The Morgan fingerprint density at radius 3 is 2.85 bits per heavy atom. The van der Waals surface area contributed by atoms with E-state index in [2.05, 4.69) is 20.7 Å². The van der Waals surface area contributed by atoms with Crippen molar-refractivity contribution in [2.75, 3.05) is 18.4 Å². The van der Waals surface area contributed by atoms with E-state index in [0.29, 0.717) is 36.6 Å². The first-order valence-corrected chi connectivity index (χ1v) is 8.55. The summed E-state index contributed by atoms with van der Waals surface area (Å²) in [5.41, 5.74) is 0.880. The Morgan fingerprint density at radius 1 is 1.23 bits per heavy atom. The number of nitrogens with zero attached hydrogens (tertiary/aromatic N) is 3. The molecule has 3 heterocycles. The minimum atomic E-state index is -0.628. The third-order valence-corrected chi connectivity index (χ3v) is 4.69. The van der Waals surface area contributed by atoms with E-state index in [1.807, 2.05) is 30.3 Å². The number of rotatable bonds is 3. The summed E-state index contributed by atoms with van der Waals surface area (Å²) in [6.07, 6.45) is 3.49. The Hall–Kier alpha value is -3.16. The number of nitrogens with one attached hydrogen (secondary N) is 2.